The lowest BCUT2D eigenvalue weighted by molar-refractivity contribution is 0.591. The highest BCUT2D eigenvalue weighted by molar-refractivity contribution is 7.88. The third-order valence-electron chi connectivity index (χ3n) is 2.04. The van der Waals surface area contributed by atoms with Crippen LogP contribution in [0.2, 0.25) is 0 Å². The van der Waals surface area contributed by atoms with Crippen LogP contribution in [0.15, 0.2) is 35.6 Å². The van der Waals surface area contributed by atoms with Gasteiger partial charge in [-0.15, -0.1) is 0 Å². The normalized spacial score (nSPS) is 12.3. The molecule has 0 aliphatic heterocycles. The number of nitrogens with zero attached hydrogens (tertiary/aromatic N) is 1. The molecule has 1 heterocycles. The summed E-state index contributed by atoms with van der Waals surface area (Å²) in [5.41, 5.74) is 1.83. The largest absolute Gasteiger partial charge is 0.361 e. The standard InChI is InChI=1S/C10H11N3O2S/c1-16(14,15)13-12-7-8-6-11-10-5-3-2-4-9(8)10/h2-7,11,13H,1H3. The van der Waals surface area contributed by atoms with Crippen molar-refractivity contribution in [2.24, 2.45) is 5.10 Å². The molecule has 84 valence electrons. The Morgan fingerprint density at radius 2 is 2.12 bits per heavy atom. The predicted octanol–water partition coefficient (Wildman–Crippen LogP) is 1.05. The van der Waals surface area contributed by atoms with Gasteiger partial charge in [-0.3, -0.25) is 0 Å². The number of hydrogen-bond donors (Lipinski definition) is 2. The molecule has 0 saturated heterocycles. The van der Waals surface area contributed by atoms with Crippen LogP contribution in [0.5, 0.6) is 0 Å². The Kier molecular flexibility index (Phi) is 2.66. The summed E-state index contributed by atoms with van der Waals surface area (Å²) in [5.74, 6) is 0. The maximum atomic E-state index is 10.8. The van der Waals surface area contributed by atoms with Crippen molar-refractivity contribution in [3.63, 3.8) is 0 Å². The van der Waals surface area contributed by atoms with Gasteiger partial charge in [0.15, 0.2) is 0 Å². The average Bonchev–Trinajstić information content (AvgIpc) is 2.60. The van der Waals surface area contributed by atoms with E-state index in [1.165, 1.54) is 6.21 Å². The summed E-state index contributed by atoms with van der Waals surface area (Å²) in [6, 6.07) is 7.72. The maximum Gasteiger partial charge on any atom is 0.244 e. The van der Waals surface area contributed by atoms with Crippen molar-refractivity contribution >= 4 is 27.1 Å². The molecule has 1 aromatic heterocycles. The molecule has 1 aromatic carbocycles. The first kappa shape index (κ1) is 10.7. The smallest absolute Gasteiger partial charge is 0.244 e. The van der Waals surface area contributed by atoms with Crippen molar-refractivity contribution in [2.75, 3.05) is 6.26 Å². The summed E-state index contributed by atoms with van der Waals surface area (Å²) < 4.78 is 21.6. The molecule has 2 rings (SSSR count). The number of para-hydroxylation sites is 1. The number of aromatic nitrogens is 1. The lowest BCUT2D eigenvalue weighted by Gasteiger charge is -1.94. The van der Waals surface area contributed by atoms with Crippen molar-refractivity contribution in [3.05, 3.63) is 36.0 Å². The zero-order valence-electron chi connectivity index (χ0n) is 8.64. The maximum absolute atomic E-state index is 10.8. The molecule has 16 heavy (non-hydrogen) atoms. The van der Waals surface area contributed by atoms with E-state index < -0.39 is 10.0 Å². The topological polar surface area (TPSA) is 74.3 Å². The molecule has 0 amide bonds. The van der Waals surface area contributed by atoms with E-state index in [1.807, 2.05) is 24.3 Å². The van der Waals surface area contributed by atoms with E-state index in [0.29, 0.717) is 0 Å². The second kappa shape index (κ2) is 3.97. The molecule has 0 aliphatic carbocycles. The minimum Gasteiger partial charge on any atom is -0.361 e. The monoisotopic (exact) mass is 237 g/mol. The van der Waals surface area contributed by atoms with Crippen molar-refractivity contribution in [1.82, 2.24) is 9.82 Å². The number of nitrogens with one attached hydrogen (secondary N) is 2. The zero-order valence-corrected chi connectivity index (χ0v) is 9.45. The second-order valence-electron chi connectivity index (χ2n) is 3.41. The second-order valence-corrected chi connectivity index (χ2v) is 5.14. The van der Waals surface area contributed by atoms with Crippen molar-refractivity contribution < 1.29 is 8.42 Å². The van der Waals surface area contributed by atoms with Gasteiger partial charge >= 0.3 is 0 Å². The van der Waals surface area contributed by atoms with Gasteiger partial charge in [-0.1, -0.05) is 18.2 Å². The van der Waals surface area contributed by atoms with E-state index in [9.17, 15) is 8.42 Å². The Hall–Kier alpha value is -1.82. The number of hydrogen-bond acceptors (Lipinski definition) is 3. The first-order chi connectivity index (χ1) is 7.56. The highest BCUT2D eigenvalue weighted by Gasteiger charge is 2.00. The van der Waals surface area contributed by atoms with E-state index >= 15 is 0 Å². The molecule has 0 unspecified atom stereocenters. The molecule has 0 spiro atoms. The molecule has 5 nitrogen and oxygen atoms in total. The molecule has 2 aromatic rings. The molecule has 0 bridgehead atoms. The van der Waals surface area contributed by atoms with Crippen LogP contribution >= 0.6 is 0 Å². The van der Waals surface area contributed by atoms with Gasteiger partial charge in [0.2, 0.25) is 10.0 Å². The molecule has 0 saturated carbocycles. The predicted molar refractivity (Wildman–Crippen MR) is 63.9 cm³/mol. The van der Waals surface area contributed by atoms with Crippen molar-refractivity contribution in [3.8, 4) is 0 Å². The Morgan fingerprint density at radius 3 is 2.88 bits per heavy atom. The van der Waals surface area contributed by atoms with Gasteiger partial charge in [-0.2, -0.15) is 5.10 Å². The molecular formula is C10H11N3O2S. The first-order valence-corrected chi connectivity index (χ1v) is 6.51. The number of H-pyrrole nitrogens is 1. The summed E-state index contributed by atoms with van der Waals surface area (Å²) in [4.78, 5) is 5.12. The van der Waals surface area contributed by atoms with Gasteiger partial charge in [0, 0.05) is 22.7 Å². The van der Waals surface area contributed by atoms with Crippen LogP contribution in [-0.4, -0.2) is 25.9 Å². The minimum atomic E-state index is -3.29. The zero-order chi connectivity index (χ0) is 11.6. The SMILES string of the molecule is CS(=O)(=O)NN=Cc1c[nH]c2ccccc12. The van der Waals surface area contributed by atoms with Gasteiger partial charge in [0.05, 0.1) is 12.5 Å². The summed E-state index contributed by atoms with van der Waals surface area (Å²) >= 11 is 0. The number of fused-ring (bicyclic) bond motifs is 1. The van der Waals surface area contributed by atoms with Crippen LogP contribution < -0.4 is 4.83 Å². The van der Waals surface area contributed by atoms with Crippen LogP contribution in [0, 0.1) is 0 Å². The molecule has 2 N–H and O–H groups in total. The lowest BCUT2D eigenvalue weighted by Crippen LogP contribution is -2.15. The number of sulfonamides is 1. The number of rotatable bonds is 3. The Bertz CT molecular complexity index is 628. The Morgan fingerprint density at radius 1 is 1.38 bits per heavy atom. The third kappa shape index (κ3) is 2.40. The fourth-order valence-corrected chi connectivity index (χ4v) is 1.64. The van der Waals surface area contributed by atoms with Crippen LogP contribution in [0.25, 0.3) is 10.9 Å². The minimum absolute atomic E-state index is 0.840. The van der Waals surface area contributed by atoms with Crippen LogP contribution in [0.4, 0.5) is 0 Å². The number of benzene rings is 1. The summed E-state index contributed by atoms with van der Waals surface area (Å²) in [6.45, 7) is 0. The van der Waals surface area contributed by atoms with E-state index in [1.54, 1.807) is 6.20 Å². The molecular weight excluding hydrogens is 226 g/mol. The van der Waals surface area contributed by atoms with E-state index in [4.69, 9.17) is 0 Å². The van der Waals surface area contributed by atoms with Crippen LogP contribution in [-0.2, 0) is 10.0 Å². The molecule has 0 aliphatic rings. The molecule has 0 radical (unpaired) electrons. The van der Waals surface area contributed by atoms with E-state index in [-0.39, 0.29) is 0 Å². The van der Waals surface area contributed by atoms with Gasteiger partial charge < -0.3 is 4.98 Å². The highest BCUT2D eigenvalue weighted by Crippen LogP contribution is 2.15. The van der Waals surface area contributed by atoms with Crippen LogP contribution in [0.1, 0.15) is 5.56 Å². The van der Waals surface area contributed by atoms with Gasteiger partial charge in [0.25, 0.3) is 0 Å². The summed E-state index contributed by atoms with van der Waals surface area (Å²) in [5, 5.41) is 4.65. The molecule has 0 atom stereocenters. The quantitative estimate of drug-likeness (QED) is 0.618. The first-order valence-electron chi connectivity index (χ1n) is 4.62. The number of aromatic amines is 1. The fraction of sp³-hybridized carbons (Fsp3) is 0.100. The third-order valence-corrected chi connectivity index (χ3v) is 2.48. The molecule has 0 fully saturated rings. The lowest BCUT2D eigenvalue weighted by atomic mass is 10.2. The Balaban J connectivity index is 2.28. The average molecular weight is 237 g/mol. The van der Waals surface area contributed by atoms with E-state index in [0.717, 1.165) is 22.7 Å². The van der Waals surface area contributed by atoms with Crippen molar-refractivity contribution in [1.29, 1.82) is 0 Å². The van der Waals surface area contributed by atoms with Gasteiger partial charge in [0.1, 0.15) is 0 Å². The Labute approximate surface area is 93.2 Å². The van der Waals surface area contributed by atoms with Crippen LogP contribution in [0.3, 0.4) is 0 Å². The van der Waals surface area contributed by atoms with E-state index in [2.05, 4.69) is 14.9 Å². The number of hydrazone groups is 1. The van der Waals surface area contributed by atoms with Crippen molar-refractivity contribution in [2.45, 2.75) is 0 Å². The molecule has 6 heteroatoms. The van der Waals surface area contributed by atoms with Gasteiger partial charge in [-0.05, 0) is 6.07 Å². The highest BCUT2D eigenvalue weighted by atomic mass is 32.2. The summed E-state index contributed by atoms with van der Waals surface area (Å²) in [7, 11) is -3.29. The summed E-state index contributed by atoms with van der Waals surface area (Å²) in [6.07, 6.45) is 4.30. The fourth-order valence-electron chi connectivity index (χ4n) is 1.39. The van der Waals surface area contributed by atoms with Gasteiger partial charge in [-0.25, -0.2) is 13.2 Å².